The van der Waals surface area contributed by atoms with Gasteiger partial charge in [-0.15, -0.1) is 0 Å². The summed E-state index contributed by atoms with van der Waals surface area (Å²) in [6.45, 7) is 0. The Labute approximate surface area is 265 Å². The summed E-state index contributed by atoms with van der Waals surface area (Å²) in [6.07, 6.45) is 3.77. The maximum atomic E-state index is 5.43. The van der Waals surface area contributed by atoms with E-state index < -0.39 is 0 Å². The van der Waals surface area contributed by atoms with Crippen molar-refractivity contribution in [2.24, 2.45) is 9.98 Å². The Morgan fingerprint density at radius 3 is 1.11 bits per heavy atom. The Hall–Kier alpha value is -1.26. The molecular formula is C28H20I4N2O2. The second kappa shape index (κ2) is 13.0. The molecule has 4 aromatic rings. The lowest BCUT2D eigenvalue weighted by Gasteiger charge is -2.07. The van der Waals surface area contributed by atoms with Gasteiger partial charge in [0.05, 0.1) is 39.9 Å². The molecule has 0 saturated carbocycles. The number of hydrogen-bond acceptors (Lipinski definition) is 4. The summed E-state index contributed by atoms with van der Waals surface area (Å²) in [4.78, 5) is 9.28. The molecule has 0 fully saturated rings. The van der Waals surface area contributed by atoms with Gasteiger partial charge in [-0.05, 0) is 161 Å². The van der Waals surface area contributed by atoms with Crippen molar-refractivity contribution in [3.8, 4) is 22.6 Å². The minimum atomic E-state index is 0.902. The van der Waals surface area contributed by atoms with E-state index in [1.165, 1.54) is 0 Å². The Morgan fingerprint density at radius 2 is 0.833 bits per heavy atom. The molecule has 0 aromatic heterocycles. The van der Waals surface area contributed by atoms with E-state index >= 15 is 0 Å². The standard InChI is InChI=1S/C28H20I4N2O2/c1-35-27-23(29)11-17(12-24(27)30)15-33-21-7-3-19(4-8-21)20-5-9-22(10-6-20)34-16-18-13-25(31)28(36-2)26(32)14-18/h3-16H,1-2H3. The summed E-state index contributed by atoms with van der Waals surface area (Å²) in [5.74, 6) is 1.80. The highest BCUT2D eigenvalue weighted by molar-refractivity contribution is 14.1. The maximum Gasteiger partial charge on any atom is 0.145 e. The van der Waals surface area contributed by atoms with Gasteiger partial charge in [-0.2, -0.15) is 0 Å². The van der Waals surface area contributed by atoms with Gasteiger partial charge in [0.15, 0.2) is 0 Å². The minimum Gasteiger partial charge on any atom is -0.495 e. The lowest BCUT2D eigenvalue weighted by atomic mass is 10.1. The molecule has 0 saturated heterocycles. The van der Waals surface area contributed by atoms with E-state index in [1.807, 2.05) is 36.7 Å². The summed E-state index contributed by atoms with van der Waals surface area (Å²) >= 11 is 9.15. The molecule has 0 aliphatic heterocycles. The Morgan fingerprint density at radius 1 is 0.528 bits per heavy atom. The molecule has 36 heavy (non-hydrogen) atoms. The van der Waals surface area contributed by atoms with E-state index in [1.54, 1.807) is 14.2 Å². The van der Waals surface area contributed by atoms with E-state index in [0.717, 1.165) is 59.4 Å². The van der Waals surface area contributed by atoms with Gasteiger partial charge in [0.25, 0.3) is 0 Å². The molecule has 0 N–H and O–H groups in total. The highest BCUT2D eigenvalue weighted by Crippen LogP contribution is 2.30. The Balaban J connectivity index is 1.44. The van der Waals surface area contributed by atoms with Crippen LogP contribution in [0.4, 0.5) is 11.4 Å². The van der Waals surface area contributed by atoms with Crippen molar-refractivity contribution in [2.45, 2.75) is 0 Å². The van der Waals surface area contributed by atoms with E-state index in [0.29, 0.717) is 0 Å². The van der Waals surface area contributed by atoms with Gasteiger partial charge in [-0.3, -0.25) is 9.98 Å². The lowest BCUT2D eigenvalue weighted by Crippen LogP contribution is -1.93. The molecule has 0 aliphatic carbocycles. The van der Waals surface area contributed by atoms with Crippen molar-refractivity contribution in [1.82, 2.24) is 0 Å². The molecule has 0 bridgehead atoms. The minimum absolute atomic E-state index is 0.902. The van der Waals surface area contributed by atoms with Crippen LogP contribution in [-0.2, 0) is 0 Å². The topological polar surface area (TPSA) is 43.2 Å². The molecule has 8 heteroatoms. The number of rotatable bonds is 7. The summed E-state index contributed by atoms with van der Waals surface area (Å²) in [5, 5.41) is 0. The second-order valence-electron chi connectivity index (χ2n) is 7.65. The van der Waals surface area contributed by atoms with Crippen LogP contribution in [0, 0.1) is 14.3 Å². The SMILES string of the molecule is COc1c(I)cc(C=Nc2ccc(-c3ccc(N=Cc4cc(I)c(OC)c(I)c4)cc3)cc2)cc1I. The second-order valence-corrected chi connectivity index (χ2v) is 12.3. The fourth-order valence-electron chi connectivity index (χ4n) is 3.48. The molecule has 0 amide bonds. The van der Waals surface area contributed by atoms with Crippen molar-refractivity contribution in [3.05, 3.63) is 98.2 Å². The van der Waals surface area contributed by atoms with Crippen LogP contribution >= 0.6 is 90.4 Å². The highest BCUT2D eigenvalue weighted by Gasteiger charge is 2.08. The summed E-state index contributed by atoms with van der Waals surface area (Å²) in [6, 6.07) is 24.8. The van der Waals surface area contributed by atoms with Crippen molar-refractivity contribution in [3.63, 3.8) is 0 Å². The van der Waals surface area contributed by atoms with Gasteiger partial charge in [-0.1, -0.05) is 24.3 Å². The number of hydrogen-bond donors (Lipinski definition) is 0. The van der Waals surface area contributed by atoms with Crippen molar-refractivity contribution >= 4 is 114 Å². The van der Waals surface area contributed by atoms with Gasteiger partial charge in [0.2, 0.25) is 0 Å². The fraction of sp³-hybridized carbons (Fsp3) is 0.0714. The third-order valence-corrected chi connectivity index (χ3v) is 8.45. The molecule has 4 rings (SSSR count). The van der Waals surface area contributed by atoms with Crippen LogP contribution in [0.15, 0.2) is 82.8 Å². The van der Waals surface area contributed by atoms with Crippen molar-refractivity contribution < 1.29 is 9.47 Å². The summed E-state index contributed by atoms with van der Waals surface area (Å²) < 4.78 is 15.1. The van der Waals surface area contributed by atoms with E-state index in [-0.39, 0.29) is 0 Å². The molecule has 0 atom stereocenters. The third-order valence-electron chi connectivity index (χ3n) is 5.24. The number of ether oxygens (including phenoxy) is 2. The molecule has 0 aliphatic rings. The van der Waals surface area contributed by atoms with Gasteiger partial charge < -0.3 is 9.47 Å². The average Bonchev–Trinajstić information content (AvgIpc) is 2.87. The first-order valence-corrected chi connectivity index (χ1v) is 15.0. The first-order chi connectivity index (χ1) is 17.4. The number of nitrogens with zero attached hydrogens (tertiary/aromatic N) is 2. The van der Waals surface area contributed by atoms with Crippen LogP contribution in [0.25, 0.3) is 11.1 Å². The summed E-state index contributed by atoms with van der Waals surface area (Å²) in [5.41, 5.74) is 6.18. The lowest BCUT2D eigenvalue weighted by molar-refractivity contribution is 0.408. The number of halogens is 4. The van der Waals surface area contributed by atoms with Gasteiger partial charge >= 0.3 is 0 Å². The van der Waals surface area contributed by atoms with E-state index in [2.05, 4.69) is 149 Å². The van der Waals surface area contributed by atoms with Crippen LogP contribution < -0.4 is 9.47 Å². The largest absolute Gasteiger partial charge is 0.495 e. The molecule has 182 valence electrons. The number of methoxy groups -OCH3 is 2. The van der Waals surface area contributed by atoms with Crippen LogP contribution in [0.1, 0.15) is 11.1 Å². The van der Waals surface area contributed by atoms with Crippen LogP contribution in [-0.4, -0.2) is 26.6 Å². The van der Waals surface area contributed by atoms with Gasteiger partial charge in [-0.25, -0.2) is 0 Å². The Kier molecular flexibility index (Phi) is 10.0. The fourth-order valence-corrected chi connectivity index (χ4v) is 7.99. The van der Waals surface area contributed by atoms with E-state index in [4.69, 9.17) is 9.47 Å². The molecule has 0 heterocycles. The molecule has 0 radical (unpaired) electrons. The Bertz CT molecular complexity index is 1280. The zero-order valence-electron chi connectivity index (χ0n) is 19.3. The number of aliphatic imine (C=N–C) groups is 2. The number of benzene rings is 4. The zero-order chi connectivity index (χ0) is 25.7. The maximum absolute atomic E-state index is 5.43. The normalized spacial score (nSPS) is 11.4. The first-order valence-electron chi connectivity index (χ1n) is 10.7. The molecule has 0 unspecified atom stereocenters. The van der Waals surface area contributed by atoms with Gasteiger partial charge in [0.1, 0.15) is 11.5 Å². The molecule has 4 aromatic carbocycles. The van der Waals surface area contributed by atoms with E-state index in [9.17, 15) is 0 Å². The van der Waals surface area contributed by atoms with Crippen LogP contribution in [0.2, 0.25) is 0 Å². The summed E-state index contributed by atoms with van der Waals surface area (Å²) in [7, 11) is 3.39. The average molecular weight is 924 g/mol. The highest BCUT2D eigenvalue weighted by atomic mass is 127. The monoisotopic (exact) mass is 924 g/mol. The molecular weight excluding hydrogens is 904 g/mol. The van der Waals surface area contributed by atoms with Crippen LogP contribution in [0.3, 0.4) is 0 Å². The van der Waals surface area contributed by atoms with Crippen molar-refractivity contribution in [2.75, 3.05) is 14.2 Å². The van der Waals surface area contributed by atoms with Crippen molar-refractivity contribution in [1.29, 1.82) is 0 Å². The first kappa shape index (κ1) is 27.8. The molecule has 4 nitrogen and oxygen atoms in total. The quantitative estimate of drug-likeness (QED) is 0.137. The molecule has 0 spiro atoms. The predicted octanol–water partition coefficient (Wildman–Crippen LogP) is 9.29. The van der Waals surface area contributed by atoms with Gasteiger partial charge in [0, 0.05) is 12.4 Å². The predicted molar refractivity (Wildman–Crippen MR) is 183 cm³/mol. The zero-order valence-corrected chi connectivity index (χ0v) is 27.9. The smallest absolute Gasteiger partial charge is 0.145 e. The third kappa shape index (κ3) is 6.98. The van der Waals surface area contributed by atoms with Crippen LogP contribution in [0.5, 0.6) is 11.5 Å².